The van der Waals surface area contributed by atoms with Crippen molar-refractivity contribution in [2.45, 2.75) is 19.4 Å². The first kappa shape index (κ1) is 19.8. The number of carbonyl (C=O) groups is 1. The number of hydrogen-bond donors (Lipinski definition) is 1. The van der Waals surface area contributed by atoms with Crippen molar-refractivity contribution >= 4 is 21.6 Å². The molecule has 0 bridgehead atoms. The van der Waals surface area contributed by atoms with E-state index in [1.165, 1.54) is 11.4 Å². The van der Waals surface area contributed by atoms with Gasteiger partial charge in [0.15, 0.2) is 0 Å². The van der Waals surface area contributed by atoms with E-state index in [0.717, 1.165) is 11.8 Å². The van der Waals surface area contributed by atoms with Gasteiger partial charge in [0, 0.05) is 19.0 Å². The Labute approximate surface area is 154 Å². The van der Waals surface area contributed by atoms with E-state index in [9.17, 15) is 13.2 Å². The number of benzene rings is 2. The normalized spacial score (nSPS) is 12.3. The van der Waals surface area contributed by atoms with Crippen molar-refractivity contribution in [3.05, 3.63) is 60.2 Å². The second-order valence-electron chi connectivity index (χ2n) is 5.99. The molecule has 0 aliphatic carbocycles. The predicted molar refractivity (Wildman–Crippen MR) is 103 cm³/mol. The quantitative estimate of drug-likeness (QED) is 0.769. The van der Waals surface area contributed by atoms with Crippen LogP contribution in [0, 0.1) is 0 Å². The Bertz CT molecular complexity index is 838. The molecule has 0 fully saturated rings. The van der Waals surface area contributed by atoms with Crippen LogP contribution >= 0.6 is 0 Å². The number of amides is 1. The zero-order chi connectivity index (χ0) is 19.2. The standard InChI is InChI=1S/C19H24N2O4S/c1-15(16-8-5-4-6-9-16)20-19(22)12-13-21(26(3,23)24)17-10-7-11-18(14-17)25-2/h4-11,14-15H,12-13H2,1-3H3,(H,20,22). The highest BCUT2D eigenvalue weighted by atomic mass is 32.2. The number of nitrogens with one attached hydrogen (secondary N) is 1. The van der Waals surface area contributed by atoms with E-state index in [1.54, 1.807) is 24.3 Å². The first-order chi connectivity index (χ1) is 12.3. The third kappa shape index (κ3) is 5.49. The molecule has 2 rings (SSSR count). The molecular formula is C19H24N2O4S. The number of carbonyl (C=O) groups excluding carboxylic acids is 1. The molecule has 1 N–H and O–H groups in total. The van der Waals surface area contributed by atoms with Gasteiger partial charge < -0.3 is 10.1 Å². The van der Waals surface area contributed by atoms with Gasteiger partial charge in [-0.3, -0.25) is 9.10 Å². The van der Waals surface area contributed by atoms with Gasteiger partial charge in [0.05, 0.1) is 25.1 Å². The van der Waals surface area contributed by atoms with Gasteiger partial charge in [0.2, 0.25) is 15.9 Å². The molecule has 1 amide bonds. The summed E-state index contributed by atoms with van der Waals surface area (Å²) < 4.78 is 30.6. The zero-order valence-electron chi connectivity index (χ0n) is 15.2. The Morgan fingerprint density at radius 1 is 1.15 bits per heavy atom. The van der Waals surface area contributed by atoms with Crippen molar-refractivity contribution in [3.63, 3.8) is 0 Å². The number of sulfonamides is 1. The van der Waals surface area contributed by atoms with Crippen LogP contribution in [0.2, 0.25) is 0 Å². The maximum Gasteiger partial charge on any atom is 0.232 e. The summed E-state index contributed by atoms with van der Waals surface area (Å²) in [5.41, 5.74) is 1.46. The number of ether oxygens (including phenoxy) is 1. The molecule has 140 valence electrons. The monoisotopic (exact) mass is 376 g/mol. The number of hydrogen-bond acceptors (Lipinski definition) is 4. The number of rotatable bonds is 8. The average Bonchev–Trinajstić information content (AvgIpc) is 2.61. The molecule has 0 saturated heterocycles. The molecule has 1 unspecified atom stereocenters. The van der Waals surface area contributed by atoms with Crippen molar-refractivity contribution in [3.8, 4) is 5.75 Å². The lowest BCUT2D eigenvalue weighted by molar-refractivity contribution is -0.121. The van der Waals surface area contributed by atoms with Gasteiger partial charge in [0.25, 0.3) is 0 Å². The molecule has 1 atom stereocenters. The Morgan fingerprint density at radius 2 is 1.85 bits per heavy atom. The molecule has 0 aliphatic heterocycles. The average molecular weight is 376 g/mol. The molecule has 0 saturated carbocycles. The molecule has 0 heterocycles. The first-order valence-corrected chi connectivity index (χ1v) is 10.1. The second-order valence-corrected chi connectivity index (χ2v) is 7.89. The SMILES string of the molecule is COc1cccc(N(CCC(=O)NC(C)c2ccccc2)S(C)(=O)=O)c1. The lowest BCUT2D eigenvalue weighted by Crippen LogP contribution is -2.35. The van der Waals surface area contributed by atoms with Crippen molar-refractivity contribution in [2.24, 2.45) is 0 Å². The minimum Gasteiger partial charge on any atom is -0.497 e. The Kier molecular flexibility index (Phi) is 6.63. The lowest BCUT2D eigenvalue weighted by Gasteiger charge is -2.23. The minimum atomic E-state index is -3.52. The molecule has 0 aromatic heterocycles. The fourth-order valence-electron chi connectivity index (χ4n) is 2.59. The summed E-state index contributed by atoms with van der Waals surface area (Å²) in [7, 11) is -2.01. The highest BCUT2D eigenvalue weighted by Gasteiger charge is 2.19. The van der Waals surface area contributed by atoms with Crippen molar-refractivity contribution in [1.29, 1.82) is 0 Å². The lowest BCUT2D eigenvalue weighted by atomic mass is 10.1. The molecule has 2 aromatic rings. The van der Waals surface area contributed by atoms with Crippen LogP contribution in [0.15, 0.2) is 54.6 Å². The largest absolute Gasteiger partial charge is 0.497 e. The van der Waals surface area contributed by atoms with Crippen LogP contribution in [0.4, 0.5) is 5.69 Å². The van der Waals surface area contributed by atoms with Gasteiger partial charge in [-0.05, 0) is 24.6 Å². The Hall–Kier alpha value is -2.54. The second kappa shape index (κ2) is 8.71. The van der Waals surface area contributed by atoms with Gasteiger partial charge in [-0.2, -0.15) is 0 Å². The maximum absolute atomic E-state index is 12.3. The van der Waals surface area contributed by atoms with Crippen LogP contribution in [0.5, 0.6) is 5.75 Å². The fraction of sp³-hybridized carbons (Fsp3) is 0.316. The molecule has 6 nitrogen and oxygen atoms in total. The van der Waals surface area contributed by atoms with Crippen LogP contribution in [0.25, 0.3) is 0 Å². The summed E-state index contributed by atoms with van der Waals surface area (Å²) in [6.07, 6.45) is 1.18. The van der Waals surface area contributed by atoms with Crippen LogP contribution in [-0.2, 0) is 14.8 Å². The first-order valence-electron chi connectivity index (χ1n) is 8.27. The molecule has 0 spiro atoms. The van der Waals surface area contributed by atoms with Gasteiger partial charge >= 0.3 is 0 Å². The third-order valence-corrected chi connectivity index (χ3v) is 5.15. The summed E-state index contributed by atoms with van der Waals surface area (Å²) in [5, 5.41) is 2.89. The van der Waals surface area contributed by atoms with Gasteiger partial charge in [0.1, 0.15) is 5.75 Å². The van der Waals surface area contributed by atoms with E-state index >= 15 is 0 Å². The van der Waals surface area contributed by atoms with E-state index in [1.807, 2.05) is 37.3 Å². The van der Waals surface area contributed by atoms with Crippen LogP contribution in [0.3, 0.4) is 0 Å². The summed E-state index contributed by atoms with van der Waals surface area (Å²) in [6, 6.07) is 16.2. The van der Waals surface area contributed by atoms with Gasteiger partial charge in [-0.1, -0.05) is 36.4 Å². The molecule has 7 heteroatoms. The summed E-state index contributed by atoms with van der Waals surface area (Å²) >= 11 is 0. The fourth-order valence-corrected chi connectivity index (χ4v) is 3.51. The topological polar surface area (TPSA) is 75.7 Å². The number of methoxy groups -OCH3 is 1. The maximum atomic E-state index is 12.3. The van der Waals surface area contributed by atoms with Gasteiger partial charge in [-0.25, -0.2) is 8.42 Å². The Balaban J connectivity index is 2.04. The predicted octanol–water partition coefficient (Wildman–Crippen LogP) is 2.73. The van der Waals surface area contributed by atoms with E-state index in [2.05, 4.69) is 5.32 Å². The minimum absolute atomic E-state index is 0.0549. The molecule has 26 heavy (non-hydrogen) atoms. The smallest absolute Gasteiger partial charge is 0.232 e. The molecular weight excluding hydrogens is 352 g/mol. The van der Waals surface area contributed by atoms with Crippen LogP contribution in [-0.4, -0.2) is 34.2 Å². The van der Waals surface area contributed by atoms with Crippen molar-refractivity contribution in [2.75, 3.05) is 24.2 Å². The van der Waals surface area contributed by atoms with Gasteiger partial charge in [-0.15, -0.1) is 0 Å². The molecule has 0 radical (unpaired) electrons. The van der Waals surface area contributed by atoms with E-state index < -0.39 is 10.0 Å². The Morgan fingerprint density at radius 3 is 2.46 bits per heavy atom. The molecule has 0 aliphatic rings. The van der Waals surface area contributed by atoms with E-state index in [4.69, 9.17) is 4.74 Å². The number of anilines is 1. The van der Waals surface area contributed by atoms with E-state index in [0.29, 0.717) is 11.4 Å². The highest BCUT2D eigenvalue weighted by molar-refractivity contribution is 7.92. The molecule has 2 aromatic carbocycles. The van der Waals surface area contributed by atoms with Crippen molar-refractivity contribution in [1.82, 2.24) is 5.32 Å². The summed E-state index contributed by atoms with van der Waals surface area (Å²) in [4.78, 5) is 12.3. The third-order valence-electron chi connectivity index (χ3n) is 3.96. The van der Waals surface area contributed by atoms with Crippen molar-refractivity contribution < 1.29 is 17.9 Å². The van der Waals surface area contributed by atoms with Crippen LogP contribution < -0.4 is 14.4 Å². The summed E-state index contributed by atoms with van der Waals surface area (Å²) in [5.74, 6) is 0.344. The van der Waals surface area contributed by atoms with E-state index in [-0.39, 0.29) is 24.9 Å². The highest BCUT2D eigenvalue weighted by Crippen LogP contribution is 2.23. The number of nitrogens with zero attached hydrogens (tertiary/aromatic N) is 1. The van der Waals surface area contributed by atoms with Crippen LogP contribution in [0.1, 0.15) is 24.9 Å². The zero-order valence-corrected chi connectivity index (χ0v) is 16.0. The summed E-state index contributed by atoms with van der Waals surface area (Å²) in [6.45, 7) is 1.95.